The van der Waals surface area contributed by atoms with Crippen molar-refractivity contribution in [3.63, 3.8) is 0 Å². The van der Waals surface area contributed by atoms with Gasteiger partial charge in [-0.3, -0.25) is 4.40 Å². The highest BCUT2D eigenvalue weighted by Crippen LogP contribution is 2.34. The molecule has 0 aliphatic rings. The smallest absolute Gasteiger partial charge is 0.195 e. The number of nitriles is 1. The van der Waals surface area contributed by atoms with Gasteiger partial charge in [0.2, 0.25) is 0 Å². The van der Waals surface area contributed by atoms with Gasteiger partial charge in [0.15, 0.2) is 4.96 Å². The van der Waals surface area contributed by atoms with Crippen molar-refractivity contribution in [3.8, 4) is 27.9 Å². The zero-order valence-electron chi connectivity index (χ0n) is 11.6. The summed E-state index contributed by atoms with van der Waals surface area (Å²) in [7, 11) is 0. The molecule has 0 saturated heterocycles. The van der Waals surface area contributed by atoms with Crippen molar-refractivity contribution < 1.29 is 0 Å². The maximum atomic E-state index is 9.23. The van der Waals surface area contributed by atoms with Gasteiger partial charge in [0.25, 0.3) is 0 Å². The molecule has 0 bridgehead atoms. The Hall–Kier alpha value is -2.42. The molecule has 3 aromatic heterocycles. The van der Waals surface area contributed by atoms with Crippen LogP contribution in [0, 0.1) is 11.3 Å². The summed E-state index contributed by atoms with van der Waals surface area (Å²) in [6, 6.07) is 16.6. The number of imidazole rings is 1. The molecule has 0 amide bonds. The van der Waals surface area contributed by atoms with Gasteiger partial charge in [-0.15, -0.1) is 22.7 Å². The second kappa shape index (κ2) is 5.41. The van der Waals surface area contributed by atoms with E-state index in [-0.39, 0.29) is 0 Å². The standard InChI is InChI=1S/C17H11N3S2/c18-9-8-13-16(15-7-4-10-21-15)19-17-20(13)14(11-22-17)12-5-2-1-3-6-12/h1-7,10-11H,8H2. The first kappa shape index (κ1) is 13.3. The molecule has 5 heteroatoms. The maximum absolute atomic E-state index is 9.23. The molecular formula is C17H11N3S2. The summed E-state index contributed by atoms with van der Waals surface area (Å²) >= 11 is 3.27. The number of hydrogen-bond acceptors (Lipinski definition) is 4. The van der Waals surface area contributed by atoms with Crippen molar-refractivity contribution in [1.29, 1.82) is 5.26 Å². The third kappa shape index (κ3) is 2.05. The number of aromatic nitrogens is 2. The number of nitrogens with zero attached hydrogens (tertiary/aromatic N) is 3. The van der Waals surface area contributed by atoms with Crippen molar-refractivity contribution >= 4 is 27.6 Å². The van der Waals surface area contributed by atoms with E-state index in [0.29, 0.717) is 6.42 Å². The van der Waals surface area contributed by atoms with E-state index in [4.69, 9.17) is 4.98 Å². The highest BCUT2D eigenvalue weighted by atomic mass is 32.1. The monoisotopic (exact) mass is 321 g/mol. The van der Waals surface area contributed by atoms with Gasteiger partial charge in [-0.05, 0) is 17.0 Å². The lowest BCUT2D eigenvalue weighted by Crippen LogP contribution is -1.94. The summed E-state index contributed by atoms with van der Waals surface area (Å²) in [6.45, 7) is 0. The van der Waals surface area contributed by atoms with Gasteiger partial charge in [0, 0.05) is 5.38 Å². The van der Waals surface area contributed by atoms with Gasteiger partial charge in [0.1, 0.15) is 5.69 Å². The van der Waals surface area contributed by atoms with Gasteiger partial charge in [-0.2, -0.15) is 5.26 Å². The Balaban J connectivity index is 2.00. The quantitative estimate of drug-likeness (QED) is 0.541. The number of thiophene rings is 1. The number of fused-ring (bicyclic) bond motifs is 1. The van der Waals surface area contributed by atoms with E-state index in [2.05, 4.69) is 34.0 Å². The average molecular weight is 321 g/mol. The van der Waals surface area contributed by atoms with Crippen molar-refractivity contribution in [3.05, 3.63) is 58.9 Å². The molecule has 0 unspecified atom stereocenters. The fraction of sp³-hybridized carbons (Fsp3) is 0.0588. The predicted octanol–water partition coefficient (Wildman–Crippen LogP) is 4.86. The molecule has 3 nitrogen and oxygen atoms in total. The molecule has 0 saturated carbocycles. The first-order chi connectivity index (χ1) is 10.9. The first-order valence-corrected chi connectivity index (χ1v) is 8.59. The molecule has 0 aliphatic heterocycles. The molecule has 1 aromatic carbocycles. The number of thiazole rings is 1. The Kier molecular flexibility index (Phi) is 3.26. The highest BCUT2D eigenvalue weighted by Gasteiger charge is 2.18. The second-order valence-corrected chi connectivity index (χ2v) is 6.61. The van der Waals surface area contributed by atoms with Crippen molar-refractivity contribution in [2.45, 2.75) is 6.42 Å². The molecule has 0 atom stereocenters. The van der Waals surface area contributed by atoms with Crippen LogP contribution in [0.3, 0.4) is 0 Å². The van der Waals surface area contributed by atoms with E-state index >= 15 is 0 Å². The van der Waals surface area contributed by atoms with Gasteiger partial charge in [-0.25, -0.2) is 4.98 Å². The minimum atomic E-state index is 0.352. The topological polar surface area (TPSA) is 41.1 Å². The number of benzene rings is 1. The number of rotatable bonds is 3. The Labute approximate surface area is 135 Å². The van der Waals surface area contributed by atoms with Gasteiger partial charge >= 0.3 is 0 Å². The lowest BCUT2D eigenvalue weighted by Gasteiger charge is -2.03. The lowest BCUT2D eigenvalue weighted by atomic mass is 10.1. The molecular weight excluding hydrogens is 310 g/mol. The summed E-state index contributed by atoms with van der Waals surface area (Å²) in [5, 5.41) is 13.4. The fourth-order valence-electron chi connectivity index (χ4n) is 2.57. The minimum absolute atomic E-state index is 0.352. The van der Waals surface area contributed by atoms with Gasteiger partial charge in [0.05, 0.1) is 28.8 Å². The summed E-state index contributed by atoms with van der Waals surface area (Å²) in [5.74, 6) is 0. The van der Waals surface area contributed by atoms with Crippen LogP contribution in [-0.2, 0) is 6.42 Å². The summed E-state index contributed by atoms with van der Waals surface area (Å²) in [4.78, 5) is 6.81. The van der Waals surface area contributed by atoms with Crippen LogP contribution < -0.4 is 0 Å². The number of hydrogen-bond donors (Lipinski definition) is 0. The Morgan fingerprint density at radius 3 is 2.68 bits per heavy atom. The van der Waals surface area contributed by atoms with Gasteiger partial charge in [-0.1, -0.05) is 36.4 Å². The SMILES string of the molecule is N#CCc1c(-c2cccs2)nc2scc(-c3ccccc3)n12. The van der Waals surface area contributed by atoms with Crippen molar-refractivity contribution in [2.75, 3.05) is 0 Å². The van der Waals surface area contributed by atoms with Crippen molar-refractivity contribution in [2.24, 2.45) is 0 Å². The Morgan fingerprint density at radius 2 is 1.95 bits per heavy atom. The van der Waals surface area contributed by atoms with Crippen LogP contribution in [0.15, 0.2) is 53.2 Å². The van der Waals surface area contributed by atoms with Crippen LogP contribution in [0.5, 0.6) is 0 Å². The average Bonchev–Trinajstić information content (AvgIpc) is 3.25. The molecule has 0 fully saturated rings. The Bertz CT molecular complexity index is 957. The normalized spacial score (nSPS) is 10.9. The van der Waals surface area contributed by atoms with E-state index in [1.54, 1.807) is 22.7 Å². The van der Waals surface area contributed by atoms with Gasteiger partial charge < -0.3 is 0 Å². The van der Waals surface area contributed by atoms with E-state index < -0.39 is 0 Å². The molecule has 106 valence electrons. The molecule has 0 aliphatic carbocycles. The molecule has 0 radical (unpaired) electrons. The van der Waals surface area contributed by atoms with E-state index in [1.165, 1.54) is 0 Å². The molecule has 0 N–H and O–H groups in total. The van der Waals surface area contributed by atoms with Crippen molar-refractivity contribution in [1.82, 2.24) is 9.38 Å². The van der Waals surface area contributed by atoms with E-state index in [0.717, 1.165) is 32.5 Å². The van der Waals surface area contributed by atoms with Crippen LogP contribution in [0.4, 0.5) is 0 Å². The molecule has 0 spiro atoms. The van der Waals surface area contributed by atoms with E-state index in [9.17, 15) is 5.26 Å². The largest absolute Gasteiger partial charge is 0.286 e. The summed E-state index contributed by atoms with van der Waals surface area (Å²) in [5.41, 5.74) is 4.14. The van der Waals surface area contributed by atoms with Crippen LogP contribution in [0.25, 0.3) is 26.8 Å². The van der Waals surface area contributed by atoms with E-state index in [1.807, 2.05) is 29.6 Å². The zero-order valence-corrected chi connectivity index (χ0v) is 13.2. The van der Waals surface area contributed by atoms with Crippen LogP contribution in [0.2, 0.25) is 0 Å². The molecule has 4 aromatic rings. The third-order valence-corrected chi connectivity index (χ3v) is 5.23. The second-order valence-electron chi connectivity index (χ2n) is 4.82. The Morgan fingerprint density at radius 1 is 1.09 bits per heavy atom. The zero-order chi connectivity index (χ0) is 14.9. The third-order valence-electron chi connectivity index (χ3n) is 3.53. The summed E-state index contributed by atoms with van der Waals surface area (Å²) < 4.78 is 2.12. The van der Waals surface area contributed by atoms with Crippen LogP contribution in [0.1, 0.15) is 5.69 Å². The predicted molar refractivity (Wildman–Crippen MR) is 91.1 cm³/mol. The molecule has 22 heavy (non-hydrogen) atoms. The maximum Gasteiger partial charge on any atom is 0.195 e. The fourth-order valence-corrected chi connectivity index (χ4v) is 4.23. The lowest BCUT2D eigenvalue weighted by molar-refractivity contribution is 1.08. The summed E-state index contributed by atoms with van der Waals surface area (Å²) in [6.07, 6.45) is 0.352. The highest BCUT2D eigenvalue weighted by molar-refractivity contribution is 7.15. The molecule has 4 rings (SSSR count). The first-order valence-electron chi connectivity index (χ1n) is 6.83. The van der Waals surface area contributed by atoms with Crippen LogP contribution in [-0.4, -0.2) is 9.38 Å². The van der Waals surface area contributed by atoms with Crippen LogP contribution >= 0.6 is 22.7 Å². The minimum Gasteiger partial charge on any atom is -0.286 e. The molecule has 3 heterocycles.